The molecule has 3 amide bonds. The number of carbonyl (C=O) groups excluding carboxylic acids is 2. The first-order valence-corrected chi connectivity index (χ1v) is 9.44. The second-order valence-corrected chi connectivity index (χ2v) is 6.85. The van der Waals surface area contributed by atoms with Crippen molar-refractivity contribution >= 4 is 52.7 Å². The number of urea groups is 1. The van der Waals surface area contributed by atoms with Crippen molar-refractivity contribution in [2.24, 2.45) is 0 Å². The van der Waals surface area contributed by atoms with Gasteiger partial charge in [0.15, 0.2) is 11.6 Å². The summed E-state index contributed by atoms with van der Waals surface area (Å²) in [6.07, 6.45) is 3.47. The summed E-state index contributed by atoms with van der Waals surface area (Å²) < 4.78 is 44.5. The van der Waals surface area contributed by atoms with E-state index in [1.54, 1.807) is 12.5 Å². The summed E-state index contributed by atoms with van der Waals surface area (Å²) in [5.74, 6) is -4.45. The fourth-order valence-corrected chi connectivity index (χ4v) is 3.98. The molecule has 0 saturated heterocycles. The van der Waals surface area contributed by atoms with Crippen LogP contribution in [-0.2, 0) is 0 Å². The van der Waals surface area contributed by atoms with E-state index in [9.17, 15) is 22.8 Å². The van der Waals surface area contributed by atoms with E-state index in [-0.39, 0.29) is 5.56 Å². The van der Waals surface area contributed by atoms with Gasteiger partial charge >= 0.3 is 6.03 Å². The smallest absolute Gasteiger partial charge is 0.302 e. The molecule has 0 unspecified atom stereocenters. The molecule has 0 atom stereocenters. The maximum Gasteiger partial charge on any atom is 0.326 e. The number of amides is 3. The highest BCUT2D eigenvalue weighted by atomic mass is 32.2. The van der Waals surface area contributed by atoms with E-state index in [4.69, 9.17) is 0 Å². The summed E-state index contributed by atoms with van der Waals surface area (Å²) in [6, 6.07) is -0.309. The van der Waals surface area contributed by atoms with Crippen molar-refractivity contribution in [2.75, 3.05) is 17.8 Å². The fourth-order valence-electron chi connectivity index (χ4n) is 1.70. The lowest BCUT2D eigenvalue weighted by Gasteiger charge is -2.09. The Balaban J connectivity index is 2.16. The van der Waals surface area contributed by atoms with E-state index >= 15 is 0 Å². The number of nitrogens with one attached hydrogen (secondary N) is 2. The van der Waals surface area contributed by atoms with Gasteiger partial charge in [-0.25, -0.2) is 18.0 Å². The highest BCUT2D eigenvalue weighted by molar-refractivity contribution is 8.01. The third-order valence-corrected chi connectivity index (χ3v) is 5.45. The molecule has 11 heteroatoms. The Morgan fingerprint density at radius 1 is 1.12 bits per heavy atom. The third kappa shape index (κ3) is 4.02. The number of halogens is 3. The standard InChI is InChI=1S/C13H10F3N3O2S3/c1-22-11-8(12(23-2)24-19-11)10(20)18-13(21)17-9-6(15)3-5(14)4-7(9)16/h3-4H,1-2H3,(H2,17,18,20,21). The van der Waals surface area contributed by atoms with E-state index in [1.807, 2.05) is 10.6 Å². The van der Waals surface area contributed by atoms with Crippen LogP contribution >= 0.6 is 35.1 Å². The molecule has 2 rings (SSSR count). The summed E-state index contributed by atoms with van der Waals surface area (Å²) in [5.41, 5.74) is -0.629. The number of nitrogens with zero attached hydrogens (tertiary/aromatic N) is 1. The molecule has 0 radical (unpaired) electrons. The topological polar surface area (TPSA) is 71.1 Å². The zero-order valence-electron chi connectivity index (χ0n) is 12.3. The second kappa shape index (κ2) is 7.90. The van der Waals surface area contributed by atoms with Crippen LogP contribution in [0.2, 0.25) is 0 Å². The lowest BCUT2D eigenvalue weighted by Crippen LogP contribution is -2.35. The Kier molecular flexibility index (Phi) is 6.13. The number of rotatable bonds is 4. The van der Waals surface area contributed by atoms with E-state index in [0.29, 0.717) is 21.4 Å². The highest BCUT2D eigenvalue weighted by Crippen LogP contribution is 2.32. The van der Waals surface area contributed by atoms with Gasteiger partial charge in [-0.1, -0.05) is 0 Å². The molecule has 2 N–H and O–H groups in total. The summed E-state index contributed by atoms with van der Waals surface area (Å²) >= 11 is 3.62. The molecule has 1 aromatic heterocycles. The molecule has 0 saturated carbocycles. The monoisotopic (exact) mass is 393 g/mol. The molecule has 0 bridgehead atoms. The van der Waals surface area contributed by atoms with Gasteiger partial charge in [0.05, 0.1) is 9.77 Å². The van der Waals surface area contributed by atoms with E-state index in [2.05, 4.69) is 4.37 Å². The van der Waals surface area contributed by atoms with Crippen molar-refractivity contribution in [3.8, 4) is 0 Å². The fraction of sp³-hybridized carbons (Fsp3) is 0.154. The first kappa shape index (κ1) is 18.6. The number of thioether (sulfide) groups is 2. The van der Waals surface area contributed by atoms with Crippen LogP contribution in [-0.4, -0.2) is 28.8 Å². The summed E-state index contributed by atoms with van der Waals surface area (Å²) in [7, 11) is 0. The molecule has 1 heterocycles. The molecule has 0 fully saturated rings. The molecule has 128 valence electrons. The Bertz CT molecular complexity index is 754. The van der Waals surface area contributed by atoms with E-state index in [0.717, 1.165) is 11.5 Å². The minimum Gasteiger partial charge on any atom is -0.302 e. The van der Waals surface area contributed by atoms with Crippen LogP contribution < -0.4 is 10.6 Å². The molecular weight excluding hydrogens is 383 g/mol. The molecule has 0 spiro atoms. The van der Waals surface area contributed by atoms with Gasteiger partial charge in [-0.3, -0.25) is 10.1 Å². The van der Waals surface area contributed by atoms with Crippen molar-refractivity contribution in [1.82, 2.24) is 9.69 Å². The molecule has 24 heavy (non-hydrogen) atoms. The molecule has 1 aromatic carbocycles. The van der Waals surface area contributed by atoms with Crippen LogP contribution in [0.3, 0.4) is 0 Å². The van der Waals surface area contributed by atoms with Crippen LogP contribution in [0.4, 0.5) is 23.7 Å². The lowest BCUT2D eigenvalue weighted by molar-refractivity contribution is 0.0961. The third-order valence-electron chi connectivity index (χ3n) is 2.71. The molecule has 0 aliphatic heterocycles. The number of anilines is 1. The van der Waals surface area contributed by atoms with Gasteiger partial charge in [-0.15, -0.1) is 23.5 Å². The average molecular weight is 393 g/mol. The van der Waals surface area contributed by atoms with Gasteiger partial charge in [0.25, 0.3) is 5.91 Å². The maximum atomic E-state index is 13.5. The SMILES string of the molecule is CSc1nsc(SC)c1C(=O)NC(=O)Nc1c(F)cc(F)cc1F. The van der Waals surface area contributed by atoms with Gasteiger partial charge in [-0.2, -0.15) is 4.37 Å². The van der Waals surface area contributed by atoms with Crippen molar-refractivity contribution in [2.45, 2.75) is 9.24 Å². The largest absolute Gasteiger partial charge is 0.326 e. The number of hydrogen-bond donors (Lipinski definition) is 2. The number of benzene rings is 1. The number of imide groups is 1. The number of aromatic nitrogens is 1. The zero-order chi connectivity index (χ0) is 17.9. The van der Waals surface area contributed by atoms with Gasteiger partial charge in [-0.05, 0) is 24.0 Å². The van der Waals surface area contributed by atoms with E-state index in [1.165, 1.54) is 23.5 Å². The van der Waals surface area contributed by atoms with Crippen LogP contribution in [0.1, 0.15) is 10.4 Å². The normalized spacial score (nSPS) is 10.5. The molecule has 0 aliphatic carbocycles. The number of carbonyl (C=O) groups is 2. The minimum atomic E-state index is -1.29. The quantitative estimate of drug-likeness (QED) is 0.770. The van der Waals surface area contributed by atoms with Crippen LogP contribution in [0.25, 0.3) is 0 Å². The first-order valence-electron chi connectivity index (χ1n) is 6.21. The molecule has 5 nitrogen and oxygen atoms in total. The lowest BCUT2D eigenvalue weighted by atomic mass is 10.3. The summed E-state index contributed by atoms with van der Waals surface area (Å²) in [5, 5.41) is 4.27. The Labute approximate surface area is 147 Å². The number of hydrogen-bond acceptors (Lipinski definition) is 6. The Hall–Kier alpha value is -1.72. The van der Waals surface area contributed by atoms with E-state index < -0.39 is 35.1 Å². The van der Waals surface area contributed by atoms with Crippen molar-refractivity contribution < 1.29 is 22.8 Å². The first-order chi connectivity index (χ1) is 11.4. The van der Waals surface area contributed by atoms with Crippen molar-refractivity contribution in [3.05, 3.63) is 35.1 Å². The predicted molar refractivity (Wildman–Crippen MR) is 88.5 cm³/mol. The van der Waals surface area contributed by atoms with Gasteiger partial charge in [0.1, 0.15) is 16.5 Å². The molecule has 2 aromatic rings. The highest BCUT2D eigenvalue weighted by Gasteiger charge is 2.23. The van der Waals surface area contributed by atoms with Crippen LogP contribution in [0, 0.1) is 17.5 Å². The molecule has 0 aliphatic rings. The molecular formula is C13H10F3N3O2S3. The van der Waals surface area contributed by atoms with Crippen molar-refractivity contribution in [1.29, 1.82) is 0 Å². The summed E-state index contributed by atoms with van der Waals surface area (Å²) in [4.78, 5) is 24.0. The average Bonchev–Trinajstić information content (AvgIpc) is 2.93. The van der Waals surface area contributed by atoms with Crippen LogP contribution in [0.15, 0.2) is 21.4 Å². The predicted octanol–water partition coefficient (Wildman–Crippen LogP) is 3.97. The second-order valence-electron chi connectivity index (χ2n) is 4.21. The van der Waals surface area contributed by atoms with Gasteiger partial charge in [0, 0.05) is 12.1 Å². The zero-order valence-corrected chi connectivity index (χ0v) is 14.7. The van der Waals surface area contributed by atoms with Gasteiger partial charge < -0.3 is 5.32 Å². The maximum absolute atomic E-state index is 13.5. The minimum absolute atomic E-state index is 0.218. The van der Waals surface area contributed by atoms with Crippen molar-refractivity contribution in [3.63, 3.8) is 0 Å². The summed E-state index contributed by atoms with van der Waals surface area (Å²) in [6.45, 7) is 0. The van der Waals surface area contributed by atoms with Crippen LogP contribution in [0.5, 0.6) is 0 Å². The van der Waals surface area contributed by atoms with Gasteiger partial charge in [0.2, 0.25) is 0 Å². The Morgan fingerprint density at radius 2 is 1.75 bits per heavy atom. The Morgan fingerprint density at radius 3 is 2.29 bits per heavy atom.